The highest BCUT2D eigenvalue weighted by Gasteiger charge is 2.21. The zero-order chi connectivity index (χ0) is 19.5. The molecule has 0 aliphatic carbocycles. The van der Waals surface area contributed by atoms with Gasteiger partial charge in [-0.05, 0) is 28.8 Å². The largest absolute Gasteiger partial charge is 0.337 e. The molecular weight excluding hydrogens is 348 g/mol. The molecule has 0 aliphatic heterocycles. The first-order valence-corrected chi connectivity index (χ1v) is 9.19. The van der Waals surface area contributed by atoms with Gasteiger partial charge in [-0.2, -0.15) is 5.10 Å². The number of aryl methyl sites for hydroxylation is 1. The van der Waals surface area contributed by atoms with Crippen LogP contribution in [0.5, 0.6) is 0 Å². The van der Waals surface area contributed by atoms with Crippen LogP contribution >= 0.6 is 0 Å². The average Bonchev–Trinajstić information content (AvgIpc) is 3.38. The predicted molar refractivity (Wildman–Crippen MR) is 110 cm³/mol. The SMILES string of the molecule is CN(Cc1ccccc1-c1ccccc1)C(=O)c1cnn(C)c1-n1cccc1. The zero-order valence-corrected chi connectivity index (χ0v) is 16.0. The normalized spacial score (nSPS) is 10.8. The fraction of sp³-hybridized carbons (Fsp3) is 0.130. The molecule has 2 heterocycles. The Morgan fingerprint density at radius 2 is 1.64 bits per heavy atom. The highest BCUT2D eigenvalue weighted by Crippen LogP contribution is 2.25. The summed E-state index contributed by atoms with van der Waals surface area (Å²) in [6.07, 6.45) is 5.47. The van der Waals surface area contributed by atoms with Crippen LogP contribution in [0.15, 0.2) is 85.3 Å². The van der Waals surface area contributed by atoms with Crippen molar-refractivity contribution in [3.8, 4) is 16.9 Å². The molecule has 0 unspecified atom stereocenters. The highest BCUT2D eigenvalue weighted by atomic mass is 16.2. The molecule has 2 aromatic carbocycles. The Kier molecular flexibility index (Phi) is 4.81. The standard InChI is InChI=1S/C23H22N4O/c1-25(17-19-12-6-7-13-20(19)18-10-4-3-5-11-18)23(28)21-16-24-26(2)22(21)27-14-8-9-15-27/h3-16H,17H2,1-2H3. The molecule has 4 rings (SSSR count). The van der Waals surface area contributed by atoms with E-state index in [2.05, 4.69) is 29.4 Å². The molecule has 0 bridgehead atoms. The maximum Gasteiger partial charge on any atom is 0.259 e. The van der Waals surface area contributed by atoms with Gasteiger partial charge >= 0.3 is 0 Å². The van der Waals surface area contributed by atoms with Crippen LogP contribution in [0.1, 0.15) is 15.9 Å². The van der Waals surface area contributed by atoms with E-state index in [1.807, 2.05) is 73.5 Å². The van der Waals surface area contributed by atoms with Crippen molar-refractivity contribution in [2.24, 2.45) is 7.05 Å². The van der Waals surface area contributed by atoms with Crippen molar-refractivity contribution in [2.75, 3.05) is 7.05 Å². The minimum atomic E-state index is -0.0559. The quantitative estimate of drug-likeness (QED) is 0.530. The van der Waals surface area contributed by atoms with Crippen LogP contribution in [0.25, 0.3) is 16.9 Å². The average molecular weight is 370 g/mol. The smallest absolute Gasteiger partial charge is 0.259 e. The molecular formula is C23H22N4O. The second-order valence-electron chi connectivity index (χ2n) is 6.78. The lowest BCUT2D eigenvalue weighted by Crippen LogP contribution is -2.27. The second-order valence-corrected chi connectivity index (χ2v) is 6.78. The van der Waals surface area contributed by atoms with Gasteiger partial charge in [0.05, 0.1) is 6.20 Å². The van der Waals surface area contributed by atoms with E-state index in [1.54, 1.807) is 15.8 Å². The molecule has 0 saturated carbocycles. The summed E-state index contributed by atoms with van der Waals surface area (Å²) in [7, 11) is 3.67. The molecule has 5 nitrogen and oxygen atoms in total. The Labute approximate surface area is 164 Å². The molecule has 0 radical (unpaired) electrons. The Balaban J connectivity index is 1.63. The minimum absolute atomic E-state index is 0.0559. The molecule has 0 aliphatic rings. The monoisotopic (exact) mass is 370 g/mol. The lowest BCUT2D eigenvalue weighted by molar-refractivity contribution is 0.0785. The van der Waals surface area contributed by atoms with Crippen LogP contribution in [0.4, 0.5) is 0 Å². The van der Waals surface area contributed by atoms with Gasteiger partial charge in [-0.3, -0.25) is 9.48 Å². The van der Waals surface area contributed by atoms with Gasteiger partial charge in [-0.1, -0.05) is 54.6 Å². The first kappa shape index (κ1) is 17.8. The fourth-order valence-corrected chi connectivity index (χ4v) is 3.45. The second kappa shape index (κ2) is 7.56. The van der Waals surface area contributed by atoms with E-state index in [0.29, 0.717) is 12.1 Å². The number of nitrogens with zero attached hydrogens (tertiary/aromatic N) is 4. The molecule has 0 N–H and O–H groups in total. The molecule has 0 saturated heterocycles. The van der Waals surface area contributed by atoms with Crippen LogP contribution < -0.4 is 0 Å². The Morgan fingerprint density at radius 3 is 2.39 bits per heavy atom. The van der Waals surface area contributed by atoms with Crippen molar-refractivity contribution < 1.29 is 4.79 Å². The lowest BCUT2D eigenvalue weighted by Gasteiger charge is -2.20. The molecule has 0 atom stereocenters. The summed E-state index contributed by atoms with van der Waals surface area (Å²) in [6, 6.07) is 22.3. The fourth-order valence-electron chi connectivity index (χ4n) is 3.45. The van der Waals surface area contributed by atoms with Gasteiger partial charge in [0.25, 0.3) is 5.91 Å². The Hall–Kier alpha value is -3.60. The molecule has 1 amide bonds. The third kappa shape index (κ3) is 3.34. The molecule has 0 fully saturated rings. The van der Waals surface area contributed by atoms with E-state index in [4.69, 9.17) is 0 Å². The summed E-state index contributed by atoms with van der Waals surface area (Å²) in [5.74, 6) is 0.706. The number of hydrogen-bond donors (Lipinski definition) is 0. The predicted octanol–water partition coefficient (Wildman–Crippen LogP) is 4.15. The Morgan fingerprint density at radius 1 is 0.964 bits per heavy atom. The van der Waals surface area contributed by atoms with Gasteiger partial charge in [0, 0.05) is 33.0 Å². The van der Waals surface area contributed by atoms with Gasteiger partial charge < -0.3 is 9.47 Å². The first-order valence-electron chi connectivity index (χ1n) is 9.19. The third-order valence-electron chi connectivity index (χ3n) is 4.84. The topological polar surface area (TPSA) is 43.1 Å². The van der Waals surface area contributed by atoms with Gasteiger partial charge in [-0.15, -0.1) is 0 Å². The lowest BCUT2D eigenvalue weighted by atomic mass is 9.99. The summed E-state index contributed by atoms with van der Waals surface area (Å²) < 4.78 is 3.63. The van der Waals surface area contributed by atoms with E-state index >= 15 is 0 Å². The van der Waals surface area contributed by atoms with E-state index in [1.165, 1.54) is 0 Å². The maximum atomic E-state index is 13.2. The molecule has 28 heavy (non-hydrogen) atoms. The Bertz CT molecular complexity index is 1080. The van der Waals surface area contributed by atoms with Crippen molar-refractivity contribution >= 4 is 5.91 Å². The highest BCUT2D eigenvalue weighted by molar-refractivity contribution is 5.97. The number of carbonyl (C=O) groups excluding carboxylic acids is 1. The van der Waals surface area contributed by atoms with E-state index < -0.39 is 0 Å². The number of rotatable bonds is 5. The van der Waals surface area contributed by atoms with Gasteiger partial charge in [0.2, 0.25) is 0 Å². The summed E-state index contributed by atoms with van der Waals surface area (Å²) >= 11 is 0. The summed E-state index contributed by atoms with van der Waals surface area (Å²) in [6.45, 7) is 0.518. The van der Waals surface area contributed by atoms with Crippen LogP contribution in [0.3, 0.4) is 0 Å². The number of hydrogen-bond acceptors (Lipinski definition) is 2. The molecule has 5 heteroatoms. The van der Waals surface area contributed by atoms with Gasteiger partial charge in [0.1, 0.15) is 11.4 Å². The van der Waals surface area contributed by atoms with E-state index in [0.717, 1.165) is 22.5 Å². The van der Waals surface area contributed by atoms with E-state index in [9.17, 15) is 4.79 Å². The molecule has 2 aromatic heterocycles. The summed E-state index contributed by atoms with van der Waals surface area (Å²) in [4.78, 5) is 14.9. The minimum Gasteiger partial charge on any atom is -0.337 e. The van der Waals surface area contributed by atoms with Crippen molar-refractivity contribution in [3.63, 3.8) is 0 Å². The molecule has 4 aromatic rings. The van der Waals surface area contributed by atoms with E-state index in [-0.39, 0.29) is 5.91 Å². The van der Waals surface area contributed by atoms with Gasteiger partial charge in [0.15, 0.2) is 0 Å². The van der Waals surface area contributed by atoms with Crippen LogP contribution in [-0.2, 0) is 13.6 Å². The van der Waals surface area contributed by atoms with Crippen LogP contribution in [-0.4, -0.2) is 32.2 Å². The number of carbonyl (C=O) groups is 1. The number of amides is 1. The van der Waals surface area contributed by atoms with Gasteiger partial charge in [-0.25, -0.2) is 0 Å². The number of benzene rings is 2. The number of aromatic nitrogens is 3. The zero-order valence-electron chi connectivity index (χ0n) is 16.0. The van der Waals surface area contributed by atoms with Crippen LogP contribution in [0, 0.1) is 0 Å². The van der Waals surface area contributed by atoms with Crippen molar-refractivity contribution in [1.82, 2.24) is 19.2 Å². The maximum absolute atomic E-state index is 13.2. The first-order chi connectivity index (χ1) is 13.6. The molecule has 0 spiro atoms. The van der Waals surface area contributed by atoms with Crippen molar-refractivity contribution in [1.29, 1.82) is 0 Å². The van der Waals surface area contributed by atoms with Crippen molar-refractivity contribution in [2.45, 2.75) is 6.54 Å². The summed E-state index contributed by atoms with van der Waals surface area (Å²) in [5.41, 5.74) is 3.97. The summed E-state index contributed by atoms with van der Waals surface area (Å²) in [5, 5.41) is 4.30. The third-order valence-corrected chi connectivity index (χ3v) is 4.84. The van der Waals surface area contributed by atoms with Crippen molar-refractivity contribution in [3.05, 3.63) is 96.4 Å². The molecule has 140 valence electrons. The van der Waals surface area contributed by atoms with Crippen LogP contribution in [0.2, 0.25) is 0 Å².